The van der Waals surface area contributed by atoms with Gasteiger partial charge in [-0.3, -0.25) is 4.79 Å². The number of alkyl halides is 6. The normalized spacial score (nSPS) is 14.3. The summed E-state index contributed by atoms with van der Waals surface area (Å²) in [4.78, 5) is 25.3. The smallest absolute Gasteiger partial charge is 0.416 e. The number of nitrogens with one attached hydrogen (secondary N) is 1. The molecule has 2 unspecified atom stereocenters. The number of benzene rings is 2. The van der Waals surface area contributed by atoms with E-state index in [4.69, 9.17) is 25.8 Å². The summed E-state index contributed by atoms with van der Waals surface area (Å²) in [7, 11) is -3.09. The Morgan fingerprint density at radius 1 is 0.860 bits per heavy atom. The van der Waals surface area contributed by atoms with Crippen LogP contribution in [0.2, 0.25) is 56.4 Å². The van der Waals surface area contributed by atoms with Crippen molar-refractivity contribution in [2.45, 2.75) is 76.1 Å². The second-order valence-electron chi connectivity index (χ2n) is 12.3. The molecule has 2 rings (SSSR count). The molecule has 15 heteroatoms. The molecule has 0 aliphatic rings. The number of aldehydes is 1. The quantitative estimate of drug-likeness (QED) is 0.0942. The number of ether oxygens (including phenoxy) is 3. The molecule has 43 heavy (non-hydrogen) atoms. The van der Waals surface area contributed by atoms with Crippen LogP contribution in [0.5, 0.6) is 5.75 Å². The zero-order valence-corrected chi connectivity index (χ0v) is 27.5. The van der Waals surface area contributed by atoms with Crippen LogP contribution in [-0.2, 0) is 26.6 Å². The van der Waals surface area contributed by atoms with Gasteiger partial charge in [-0.25, -0.2) is 0 Å². The predicted octanol–water partition coefficient (Wildman–Crippen LogP) is 8.61. The largest absolute Gasteiger partial charge is 0.461 e. The molecule has 6 nitrogen and oxygen atoms in total. The van der Waals surface area contributed by atoms with Crippen molar-refractivity contribution in [1.29, 1.82) is 0 Å². The van der Waals surface area contributed by atoms with E-state index in [-0.39, 0.29) is 35.6 Å². The fourth-order valence-corrected chi connectivity index (χ4v) is 5.13. The lowest BCUT2D eigenvalue weighted by Crippen LogP contribution is -2.40. The van der Waals surface area contributed by atoms with Gasteiger partial charge in [0.05, 0.1) is 16.7 Å². The highest BCUT2D eigenvalue weighted by Gasteiger charge is 2.37. The predicted molar refractivity (Wildman–Crippen MR) is 158 cm³/mol. The van der Waals surface area contributed by atoms with Crippen LogP contribution >= 0.6 is 11.6 Å². The standard InChI is InChI=1S/C28H36ClF6NO5Si2/c1-42(2,3)11-9-39-24(17-37)26(40-10-12-43(4,5)6)41-23-8-7-20(29)16-22(23)25(38)36-21-14-18(27(30,31)32)13-19(15-21)28(33,34)35/h7-8,13-17,24,26H,9-12H2,1-6H3,(H,36,38). The van der Waals surface area contributed by atoms with Gasteiger partial charge in [0.25, 0.3) is 5.91 Å². The molecular formula is C28H36ClF6NO5Si2. The fraction of sp³-hybridized carbons (Fsp3) is 0.500. The maximum Gasteiger partial charge on any atom is 0.416 e. The van der Waals surface area contributed by atoms with Crippen LogP contribution in [0.3, 0.4) is 0 Å². The van der Waals surface area contributed by atoms with E-state index in [1.807, 2.05) is 0 Å². The molecule has 1 amide bonds. The molecule has 0 saturated carbocycles. The molecule has 2 aromatic carbocycles. The molecular weight excluding hydrogens is 636 g/mol. The zero-order valence-electron chi connectivity index (χ0n) is 24.7. The van der Waals surface area contributed by atoms with Gasteiger partial charge in [-0.2, -0.15) is 26.3 Å². The van der Waals surface area contributed by atoms with Crippen LogP contribution in [0, 0.1) is 0 Å². The Kier molecular flexibility index (Phi) is 12.5. The lowest BCUT2D eigenvalue weighted by atomic mass is 10.1. The number of anilines is 1. The lowest BCUT2D eigenvalue weighted by Gasteiger charge is -2.27. The average molecular weight is 672 g/mol. The molecule has 2 atom stereocenters. The zero-order chi connectivity index (χ0) is 32.8. The van der Waals surface area contributed by atoms with Crippen molar-refractivity contribution < 1.29 is 50.1 Å². The molecule has 1 N–H and O–H groups in total. The average Bonchev–Trinajstić information content (AvgIpc) is 2.84. The lowest BCUT2D eigenvalue weighted by molar-refractivity contribution is -0.164. The number of halogens is 7. The molecule has 0 fully saturated rings. The van der Waals surface area contributed by atoms with Gasteiger partial charge in [-0.1, -0.05) is 50.9 Å². The number of hydrogen-bond donors (Lipinski definition) is 1. The second-order valence-corrected chi connectivity index (χ2v) is 24.0. The van der Waals surface area contributed by atoms with Gasteiger partial charge in [0.15, 0.2) is 12.4 Å². The van der Waals surface area contributed by atoms with Crippen molar-refractivity contribution in [1.82, 2.24) is 0 Å². The van der Waals surface area contributed by atoms with E-state index >= 15 is 0 Å². The number of carbonyl (C=O) groups is 2. The first-order chi connectivity index (χ1) is 19.6. The molecule has 0 heterocycles. The summed E-state index contributed by atoms with van der Waals surface area (Å²) in [6.45, 7) is 13.2. The molecule has 0 saturated heterocycles. The molecule has 0 aliphatic carbocycles. The van der Waals surface area contributed by atoms with Gasteiger partial charge in [0.2, 0.25) is 6.29 Å². The topological polar surface area (TPSA) is 73.9 Å². The molecule has 240 valence electrons. The highest BCUT2D eigenvalue weighted by Crippen LogP contribution is 2.38. The van der Waals surface area contributed by atoms with Crippen molar-refractivity contribution in [2.24, 2.45) is 0 Å². The number of carbonyl (C=O) groups excluding carboxylic acids is 2. The Morgan fingerprint density at radius 2 is 1.37 bits per heavy atom. The Hall–Kier alpha value is -2.40. The maximum absolute atomic E-state index is 13.3. The van der Waals surface area contributed by atoms with E-state index in [0.717, 1.165) is 12.1 Å². The monoisotopic (exact) mass is 671 g/mol. The Labute approximate surface area is 254 Å². The minimum atomic E-state index is -5.11. The van der Waals surface area contributed by atoms with Gasteiger partial charge >= 0.3 is 12.4 Å². The molecule has 0 aromatic heterocycles. The van der Waals surface area contributed by atoms with Crippen molar-refractivity contribution in [3.63, 3.8) is 0 Å². The van der Waals surface area contributed by atoms with Crippen molar-refractivity contribution in [2.75, 3.05) is 18.5 Å². The molecule has 0 aliphatic heterocycles. The maximum atomic E-state index is 13.3. The first kappa shape index (κ1) is 36.8. The van der Waals surface area contributed by atoms with Gasteiger partial charge in [-0.05, 0) is 48.5 Å². The molecule has 0 spiro atoms. The first-order valence-corrected chi connectivity index (χ1v) is 21.1. The van der Waals surface area contributed by atoms with Gasteiger partial charge in [0, 0.05) is 40.1 Å². The Balaban J connectivity index is 2.43. The van der Waals surface area contributed by atoms with Crippen LogP contribution in [0.1, 0.15) is 21.5 Å². The number of rotatable bonds is 14. The van der Waals surface area contributed by atoms with Gasteiger partial charge < -0.3 is 24.3 Å². The first-order valence-electron chi connectivity index (χ1n) is 13.3. The SMILES string of the molecule is C[Si](C)(C)CCOC(C=O)C(OCC[Si](C)(C)C)Oc1ccc(Cl)cc1C(=O)Nc1cc(C(F)(F)F)cc(C(F)(F)F)c1. The third-order valence-electron chi connectivity index (χ3n) is 5.97. The van der Waals surface area contributed by atoms with Crippen LogP contribution in [0.25, 0.3) is 0 Å². The fourth-order valence-electron chi connectivity index (χ4n) is 3.49. The van der Waals surface area contributed by atoms with E-state index in [0.29, 0.717) is 24.5 Å². The minimum Gasteiger partial charge on any atom is -0.461 e. The summed E-state index contributed by atoms with van der Waals surface area (Å²) in [5, 5.41) is 2.11. The second kappa shape index (κ2) is 14.6. The van der Waals surface area contributed by atoms with Crippen LogP contribution < -0.4 is 10.1 Å². The van der Waals surface area contributed by atoms with E-state index in [2.05, 4.69) is 44.6 Å². The van der Waals surface area contributed by atoms with Crippen molar-refractivity contribution in [3.8, 4) is 5.75 Å². The third kappa shape index (κ3) is 12.6. The molecule has 0 bridgehead atoms. The summed E-state index contributed by atoms with van der Waals surface area (Å²) in [6.07, 6.45) is -12.2. The Morgan fingerprint density at radius 3 is 1.84 bits per heavy atom. The number of amides is 1. The van der Waals surface area contributed by atoms with Crippen molar-refractivity contribution >= 4 is 45.6 Å². The molecule has 2 aromatic rings. The third-order valence-corrected chi connectivity index (χ3v) is 9.62. The van der Waals surface area contributed by atoms with Crippen LogP contribution in [0.4, 0.5) is 32.0 Å². The van der Waals surface area contributed by atoms with E-state index in [9.17, 15) is 35.9 Å². The summed E-state index contributed by atoms with van der Waals surface area (Å²) in [5.74, 6) is -1.28. The highest BCUT2D eigenvalue weighted by molar-refractivity contribution is 6.76. The van der Waals surface area contributed by atoms with Crippen LogP contribution in [-0.4, -0.2) is 53.9 Å². The van der Waals surface area contributed by atoms with Crippen molar-refractivity contribution in [3.05, 3.63) is 58.1 Å². The minimum absolute atomic E-state index is 0.0343. The summed E-state index contributed by atoms with van der Waals surface area (Å²) in [6, 6.07) is 5.94. The van der Waals surface area contributed by atoms with E-state index in [1.54, 1.807) is 0 Å². The summed E-state index contributed by atoms with van der Waals surface area (Å²) >= 11 is 6.07. The summed E-state index contributed by atoms with van der Waals surface area (Å²) < 4.78 is 97.6. The van der Waals surface area contributed by atoms with Gasteiger partial charge in [0.1, 0.15) is 5.75 Å². The van der Waals surface area contributed by atoms with E-state index in [1.165, 1.54) is 12.1 Å². The van der Waals surface area contributed by atoms with E-state index < -0.39 is 63.6 Å². The van der Waals surface area contributed by atoms with Gasteiger partial charge in [-0.15, -0.1) is 0 Å². The summed E-state index contributed by atoms with van der Waals surface area (Å²) in [5.41, 5.74) is -4.26. The number of hydrogen-bond acceptors (Lipinski definition) is 5. The Bertz CT molecular complexity index is 1230. The highest BCUT2D eigenvalue weighted by atomic mass is 35.5. The molecule has 0 radical (unpaired) electrons. The van der Waals surface area contributed by atoms with Crippen LogP contribution in [0.15, 0.2) is 36.4 Å².